The van der Waals surface area contributed by atoms with Gasteiger partial charge in [-0.1, -0.05) is 53.2 Å². The van der Waals surface area contributed by atoms with E-state index < -0.39 is 5.76 Å². The molecule has 0 amide bonds. The monoisotopic (exact) mass is 587 g/mol. The van der Waals surface area contributed by atoms with Crippen LogP contribution in [0.5, 0.6) is 0 Å². The highest BCUT2D eigenvalue weighted by molar-refractivity contribution is 7.99. The summed E-state index contributed by atoms with van der Waals surface area (Å²) in [6.07, 6.45) is 7.18. The molecule has 0 bridgehead atoms. The summed E-state index contributed by atoms with van der Waals surface area (Å²) >= 11 is 13.0. The van der Waals surface area contributed by atoms with Gasteiger partial charge in [-0.2, -0.15) is 19.0 Å². The summed E-state index contributed by atoms with van der Waals surface area (Å²) in [7, 11) is 0. The van der Waals surface area contributed by atoms with Gasteiger partial charge in [-0.3, -0.25) is 0 Å². The van der Waals surface area contributed by atoms with Crippen molar-refractivity contribution in [1.29, 1.82) is 0 Å². The number of ether oxygens (including phenoxy) is 1. The molecular formula is C29H25Cl2F2N3O2S. The zero-order valence-corrected chi connectivity index (χ0v) is 23.2. The lowest BCUT2D eigenvalue weighted by atomic mass is 10.1. The molecule has 1 aromatic heterocycles. The standard InChI is InChI=1S/C29H25Cl2F2N3O2S/c30-23-6-3-20(26(31)16-23)15-21-1-2-22(28(21)36-11-13-37-14-12-36)17-34-35-18-24-7-10-27(38-24)19-4-8-25(9-5-19)39-29(32)33/h3-10,15-18,29H,1-2,11-14H2/b21-15-,34-17?,35-18?. The summed E-state index contributed by atoms with van der Waals surface area (Å²) in [5.41, 5.74) is 5.17. The number of allylic oxidation sites excluding steroid dienone is 2. The fraction of sp³-hybridized carbons (Fsp3) is 0.241. The Bertz CT molecular complexity index is 1430. The molecule has 0 spiro atoms. The third kappa shape index (κ3) is 7.19. The van der Waals surface area contributed by atoms with Crippen molar-refractivity contribution >= 4 is 53.5 Å². The number of furan rings is 1. The maximum Gasteiger partial charge on any atom is 0.288 e. The Morgan fingerprint density at radius 2 is 1.69 bits per heavy atom. The summed E-state index contributed by atoms with van der Waals surface area (Å²) in [4.78, 5) is 2.84. The fourth-order valence-electron chi connectivity index (χ4n) is 4.55. The molecule has 202 valence electrons. The van der Waals surface area contributed by atoms with Crippen molar-refractivity contribution in [3.63, 3.8) is 0 Å². The van der Waals surface area contributed by atoms with Crippen molar-refractivity contribution in [3.05, 3.63) is 92.8 Å². The Labute approximate surface area is 239 Å². The van der Waals surface area contributed by atoms with Gasteiger partial charge in [0.1, 0.15) is 11.5 Å². The number of hydrogen-bond donors (Lipinski definition) is 0. The smallest absolute Gasteiger partial charge is 0.288 e. The Morgan fingerprint density at radius 1 is 0.923 bits per heavy atom. The van der Waals surface area contributed by atoms with E-state index in [0.29, 0.717) is 51.4 Å². The quantitative estimate of drug-likeness (QED) is 0.151. The van der Waals surface area contributed by atoms with Crippen LogP contribution in [-0.4, -0.2) is 49.4 Å². The third-order valence-corrected chi connectivity index (χ3v) is 7.63. The van der Waals surface area contributed by atoms with Crippen LogP contribution < -0.4 is 0 Å². The molecule has 1 aliphatic heterocycles. The van der Waals surface area contributed by atoms with Crippen LogP contribution in [0.15, 0.2) is 91.0 Å². The highest BCUT2D eigenvalue weighted by Gasteiger charge is 2.25. The number of rotatable bonds is 8. The molecule has 3 aromatic rings. The Kier molecular flexibility index (Phi) is 9.19. The molecule has 0 saturated carbocycles. The molecule has 10 heteroatoms. The molecule has 0 atom stereocenters. The number of nitrogens with zero attached hydrogens (tertiary/aromatic N) is 3. The minimum absolute atomic E-state index is 0.503. The van der Waals surface area contributed by atoms with E-state index in [9.17, 15) is 8.78 Å². The average molecular weight is 589 g/mol. The van der Waals surface area contributed by atoms with Gasteiger partial charge in [0, 0.05) is 39.3 Å². The van der Waals surface area contributed by atoms with Crippen molar-refractivity contribution in [1.82, 2.24) is 4.90 Å². The van der Waals surface area contributed by atoms with Gasteiger partial charge in [0.05, 0.1) is 25.6 Å². The maximum absolute atomic E-state index is 12.5. The third-order valence-electron chi connectivity index (χ3n) is 6.35. The van der Waals surface area contributed by atoms with Crippen LogP contribution in [0, 0.1) is 0 Å². The summed E-state index contributed by atoms with van der Waals surface area (Å²) < 4.78 is 36.5. The zero-order valence-electron chi connectivity index (χ0n) is 20.8. The van der Waals surface area contributed by atoms with Crippen LogP contribution in [0.4, 0.5) is 8.78 Å². The molecule has 5 nitrogen and oxygen atoms in total. The first-order chi connectivity index (χ1) is 19.0. The van der Waals surface area contributed by atoms with Gasteiger partial charge < -0.3 is 14.1 Å². The number of morpholine rings is 1. The molecule has 2 heterocycles. The second kappa shape index (κ2) is 13.0. The topological polar surface area (TPSA) is 50.3 Å². The van der Waals surface area contributed by atoms with Crippen molar-refractivity contribution in [2.24, 2.45) is 10.2 Å². The zero-order chi connectivity index (χ0) is 27.2. The van der Waals surface area contributed by atoms with Gasteiger partial charge in [-0.15, -0.1) is 0 Å². The highest BCUT2D eigenvalue weighted by atomic mass is 35.5. The van der Waals surface area contributed by atoms with E-state index in [4.69, 9.17) is 32.4 Å². The van der Waals surface area contributed by atoms with Crippen LogP contribution in [-0.2, 0) is 4.74 Å². The number of alkyl halides is 2. The van der Waals surface area contributed by atoms with E-state index in [1.54, 1.807) is 48.8 Å². The number of halogens is 4. The van der Waals surface area contributed by atoms with Gasteiger partial charge in [0.25, 0.3) is 5.76 Å². The molecule has 5 rings (SSSR count). The highest BCUT2D eigenvalue weighted by Crippen LogP contribution is 2.36. The number of thioether (sulfide) groups is 1. The van der Waals surface area contributed by atoms with E-state index in [1.807, 2.05) is 18.2 Å². The van der Waals surface area contributed by atoms with Crippen LogP contribution in [0.2, 0.25) is 10.0 Å². The van der Waals surface area contributed by atoms with E-state index in [-0.39, 0.29) is 0 Å². The summed E-state index contributed by atoms with van der Waals surface area (Å²) in [6, 6.07) is 15.9. The SMILES string of the molecule is FC(F)Sc1ccc(-c2ccc(C=NN=CC3=C(N4CCOCC4)/C(=C\c4ccc(Cl)cc4Cl)CC3)o2)cc1. The van der Waals surface area contributed by atoms with Gasteiger partial charge in [0.15, 0.2) is 0 Å². The molecular weight excluding hydrogens is 563 g/mol. The lowest BCUT2D eigenvalue weighted by Crippen LogP contribution is -2.36. The predicted octanol–water partition coefficient (Wildman–Crippen LogP) is 8.44. The molecule has 2 aromatic carbocycles. The second-order valence-electron chi connectivity index (χ2n) is 8.90. The lowest BCUT2D eigenvalue weighted by molar-refractivity contribution is 0.0548. The summed E-state index contributed by atoms with van der Waals surface area (Å²) in [6.45, 7) is 2.96. The number of hydrogen-bond acceptors (Lipinski definition) is 6. The first kappa shape index (κ1) is 27.6. The second-order valence-corrected chi connectivity index (χ2v) is 10.8. The molecule has 0 N–H and O–H groups in total. The normalized spacial score (nSPS) is 17.6. The minimum atomic E-state index is -2.45. The van der Waals surface area contributed by atoms with Crippen LogP contribution in [0.25, 0.3) is 17.4 Å². The largest absolute Gasteiger partial charge is 0.455 e. The van der Waals surface area contributed by atoms with Crippen LogP contribution >= 0.6 is 35.0 Å². The van der Waals surface area contributed by atoms with E-state index in [2.05, 4.69) is 21.2 Å². The van der Waals surface area contributed by atoms with Gasteiger partial charge >= 0.3 is 0 Å². The average Bonchev–Trinajstić information content (AvgIpc) is 3.56. The summed E-state index contributed by atoms with van der Waals surface area (Å²) in [5.74, 6) is -1.28. The first-order valence-electron chi connectivity index (χ1n) is 12.4. The number of benzene rings is 2. The van der Waals surface area contributed by atoms with Crippen molar-refractivity contribution in [3.8, 4) is 11.3 Å². The maximum atomic E-state index is 12.5. The van der Waals surface area contributed by atoms with Gasteiger partial charge in [-0.05, 0) is 72.0 Å². The lowest BCUT2D eigenvalue weighted by Gasteiger charge is -2.31. The van der Waals surface area contributed by atoms with Crippen LogP contribution in [0.3, 0.4) is 0 Å². The van der Waals surface area contributed by atoms with E-state index in [0.717, 1.165) is 48.3 Å². The van der Waals surface area contributed by atoms with E-state index >= 15 is 0 Å². The fourth-order valence-corrected chi connectivity index (χ4v) is 5.51. The predicted molar refractivity (Wildman–Crippen MR) is 155 cm³/mol. The van der Waals surface area contributed by atoms with Gasteiger partial charge in [0.2, 0.25) is 0 Å². The van der Waals surface area contributed by atoms with Crippen molar-refractivity contribution < 1.29 is 17.9 Å². The molecule has 0 unspecified atom stereocenters. The molecule has 39 heavy (non-hydrogen) atoms. The molecule has 1 aliphatic carbocycles. The van der Waals surface area contributed by atoms with Gasteiger partial charge in [-0.25, -0.2) is 0 Å². The molecule has 1 fully saturated rings. The minimum Gasteiger partial charge on any atom is -0.455 e. The van der Waals surface area contributed by atoms with E-state index in [1.165, 1.54) is 5.57 Å². The molecule has 2 aliphatic rings. The van der Waals surface area contributed by atoms with Crippen molar-refractivity contribution in [2.75, 3.05) is 26.3 Å². The Hall–Kier alpha value is -2.91. The van der Waals surface area contributed by atoms with Crippen molar-refractivity contribution in [2.45, 2.75) is 23.5 Å². The summed E-state index contributed by atoms with van der Waals surface area (Å²) in [5, 5.41) is 9.73. The first-order valence-corrected chi connectivity index (χ1v) is 14.0. The molecule has 0 radical (unpaired) electrons. The Morgan fingerprint density at radius 3 is 2.44 bits per heavy atom. The van der Waals surface area contributed by atoms with Crippen LogP contribution in [0.1, 0.15) is 24.2 Å². The molecule has 1 saturated heterocycles. The Balaban J connectivity index is 1.32.